The molecule has 0 N–H and O–H groups in total. The zero-order chi connectivity index (χ0) is 35.5. The van der Waals surface area contributed by atoms with E-state index in [0.717, 1.165) is 50.9 Å². The highest BCUT2D eigenvalue weighted by atomic mass is 16.5. The van der Waals surface area contributed by atoms with Crippen molar-refractivity contribution in [1.82, 2.24) is 4.90 Å². The lowest BCUT2D eigenvalue weighted by atomic mass is 9.93. The zero-order valence-corrected chi connectivity index (χ0v) is 32.6. The number of unbranched alkanes of at least 4 members (excludes halogenated alkanes) is 16. The number of ether oxygens (including phenoxy) is 2. The summed E-state index contributed by atoms with van der Waals surface area (Å²) in [5.41, 5.74) is 5.56. The Bertz CT molecular complexity index is 827. The van der Waals surface area contributed by atoms with Crippen molar-refractivity contribution < 1.29 is 19.1 Å². The van der Waals surface area contributed by atoms with Crippen molar-refractivity contribution in [2.24, 2.45) is 17.8 Å². The second-order valence-corrected chi connectivity index (χ2v) is 14.8. The minimum absolute atomic E-state index is 0.00959. The molecule has 5 heteroatoms. The van der Waals surface area contributed by atoms with Crippen molar-refractivity contribution in [3.8, 4) is 0 Å². The van der Waals surface area contributed by atoms with Gasteiger partial charge in [0.1, 0.15) is 0 Å². The first-order valence-electron chi connectivity index (χ1n) is 20.4. The van der Waals surface area contributed by atoms with Crippen molar-refractivity contribution in [3.63, 3.8) is 0 Å². The molecule has 0 aromatic carbocycles. The van der Waals surface area contributed by atoms with E-state index in [1.165, 1.54) is 116 Å². The summed E-state index contributed by atoms with van der Waals surface area (Å²) in [4.78, 5) is 26.5. The predicted octanol–water partition coefficient (Wildman–Crippen LogP) is 12.2. The first kappa shape index (κ1) is 46.2. The summed E-state index contributed by atoms with van der Waals surface area (Å²) in [6, 6.07) is 0. The lowest BCUT2D eigenvalue weighted by Gasteiger charge is -2.21. The molecule has 0 amide bonds. The number of carbonyl (C=O) groups excluding carboxylic acids is 2. The summed E-state index contributed by atoms with van der Waals surface area (Å²) >= 11 is 0. The van der Waals surface area contributed by atoms with Crippen molar-refractivity contribution in [2.75, 3.05) is 33.9 Å². The molecule has 5 nitrogen and oxygen atoms in total. The predicted molar refractivity (Wildman–Crippen MR) is 205 cm³/mol. The molecule has 0 fully saturated rings. The summed E-state index contributed by atoms with van der Waals surface area (Å²) in [7, 11) is 4.43. The van der Waals surface area contributed by atoms with Gasteiger partial charge in [0.25, 0.3) is 0 Å². The van der Waals surface area contributed by atoms with E-state index in [4.69, 9.17) is 9.47 Å². The number of hydrogen-bond donors (Lipinski definition) is 0. The van der Waals surface area contributed by atoms with Crippen LogP contribution in [0, 0.1) is 17.8 Å². The fourth-order valence-corrected chi connectivity index (χ4v) is 6.57. The third kappa shape index (κ3) is 32.7. The van der Waals surface area contributed by atoms with E-state index in [-0.39, 0.29) is 17.9 Å². The van der Waals surface area contributed by atoms with Crippen LogP contribution in [0.3, 0.4) is 0 Å². The van der Waals surface area contributed by atoms with Crippen LogP contribution in [0.25, 0.3) is 0 Å². The highest BCUT2D eigenvalue weighted by Gasteiger charge is 2.13. The second-order valence-electron chi connectivity index (χ2n) is 14.8. The molecule has 280 valence electrons. The molecule has 3 atom stereocenters. The van der Waals surface area contributed by atoms with Crippen LogP contribution in [0.15, 0.2) is 24.1 Å². The Hall–Kier alpha value is -1.80. The average molecular weight is 674 g/mol. The molecule has 0 aromatic heterocycles. The largest absolute Gasteiger partial charge is 0.466 e. The normalized spacial score (nSPS) is 13.0. The minimum atomic E-state index is -0.0900. The van der Waals surface area contributed by atoms with Crippen molar-refractivity contribution in [2.45, 2.75) is 188 Å². The molecule has 0 spiro atoms. The molecular formula is C43H79NO4. The second kappa shape index (κ2) is 35.0. The van der Waals surface area contributed by atoms with Crippen LogP contribution in [-0.2, 0) is 19.1 Å². The molecule has 0 heterocycles. The van der Waals surface area contributed by atoms with Crippen molar-refractivity contribution in [3.05, 3.63) is 24.1 Å². The zero-order valence-electron chi connectivity index (χ0n) is 32.6. The molecule has 48 heavy (non-hydrogen) atoms. The van der Waals surface area contributed by atoms with Crippen LogP contribution < -0.4 is 0 Å². The summed E-state index contributed by atoms with van der Waals surface area (Å²) in [6.07, 6.45) is 32.6. The molecule has 0 bridgehead atoms. The Kier molecular flexibility index (Phi) is 33.7. The van der Waals surface area contributed by atoms with Gasteiger partial charge < -0.3 is 14.4 Å². The number of nitrogens with zero attached hydrogens (tertiary/aromatic N) is 1. The third-order valence-corrected chi connectivity index (χ3v) is 9.51. The molecule has 0 saturated carbocycles. The van der Waals surface area contributed by atoms with Gasteiger partial charge in [-0.3, -0.25) is 9.59 Å². The smallest absolute Gasteiger partial charge is 0.306 e. The van der Waals surface area contributed by atoms with Crippen molar-refractivity contribution >= 4 is 11.9 Å². The Morgan fingerprint density at radius 1 is 0.625 bits per heavy atom. The van der Waals surface area contributed by atoms with E-state index in [1.807, 2.05) is 6.08 Å². The van der Waals surface area contributed by atoms with Gasteiger partial charge in [0, 0.05) is 13.0 Å². The standard InChI is InChI=1S/C43H79NO4/c1-7-10-29-39(4)36-42(45)47-34-27-23-19-15-13-17-21-25-32-41(38-44(5)6)33-26-22-18-14-16-20-24-28-35-48-43(46)37-40(30-11-8-2)31-12-9-3/h30,39-41H,2,7,9-10,12-29,31-38H2,1,3-6H3. The maximum Gasteiger partial charge on any atom is 0.306 e. The summed E-state index contributed by atoms with van der Waals surface area (Å²) in [5.74, 6) is 1.36. The Labute approximate surface area is 298 Å². The third-order valence-electron chi connectivity index (χ3n) is 9.51. The number of carbonyl (C=O) groups is 2. The first-order chi connectivity index (χ1) is 23.3. The van der Waals surface area contributed by atoms with E-state index < -0.39 is 0 Å². The highest BCUT2D eigenvalue weighted by molar-refractivity contribution is 5.70. The van der Waals surface area contributed by atoms with Crippen LogP contribution in [-0.4, -0.2) is 50.7 Å². The summed E-state index contributed by atoms with van der Waals surface area (Å²) in [6.45, 7) is 12.4. The Balaban J connectivity index is 3.75. The van der Waals surface area contributed by atoms with E-state index in [9.17, 15) is 9.59 Å². The first-order valence-corrected chi connectivity index (χ1v) is 20.4. The molecule has 0 aliphatic carbocycles. The monoisotopic (exact) mass is 674 g/mol. The molecule has 0 aliphatic rings. The Morgan fingerprint density at radius 3 is 1.52 bits per heavy atom. The quantitative estimate of drug-likeness (QED) is 0.0381. The van der Waals surface area contributed by atoms with Crippen LogP contribution in [0.5, 0.6) is 0 Å². The van der Waals surface area contributed by atoms with Crippen LogP contribution in [0.2, 0.25) is 0 Å². The lowest BCUT2D eigenvalue weighted by molar-refractivity contribution is -0.145. The van der Waals surface area contributed by atoms with Crippen LogP contribution >= 0.6 is 0 Å². The molecule has 3 unspecified atom stereocenters. The maximum atomic E-state index is 12.2. The number of esters is 2. The molecule has 0 rings (SSSR count). The molecule has 0 aliphatic heterocycles. The molecule has 0 aromatic rings. The van der Waals surface area contributed by atoms with Crippen LogP contribution in [0.1, 0.15) is 188 Å². The van der Waals surface area contributed by atoms with E-state index in [2.05, 4.69) is 57.8 Å². The topological polar surface area (TPSA) is 55.8 Å². The lowest BCUT2D eigenvalue weighted by Crippen LogP contribution is -2.21. The van der Waals surface area contributed by atoms with Gasteiger partial charge in [-0.25, -0.2) is 0 Å². The summed E-state index contributed by atoms with van der Waals surface area (Å²) in [5, 5.41) is 0. The van der Waals surface area contributed by atoms with Gasteiger partial charge in [0.05, 0.1) is 19.6 Å². The van der Waals surface area contributed by atoms with Crippen LogP contribution in [0.4, 0.5) is 0 Å². The molecular weight excluding hydrogens is 594 g/mol. The summed E-state index contributed by atoms with van der Waals surface area (Å²) < 4.78 is 10.9. The average Bonchev–Trinajstić information content (AvgIpc) is 3.05. The van der Waals surface area contributed by atoms with Gasteiger partial charge in [0.2, 0.25) is 0 Å². The number of hydrogen-bond acceptors (Lipinski definition) is 5. The van der Waals surface area contributed by atoms with Gasteiger partial charge in [-0.15, -0.1) is 0 Å². The molecule has 0 radical (unpaired) electrons. The Morgan fingerprint density at radius 2 is 1.06 bits per heavy atom. The highest BCUT2D eigenvalue weighted by Crippen LogP contribution is 2.21. The van der Waals surface area contributed by atoms with Gasteiger partial charge in [0.15, 0.2) is 0 Å². The minimum Gasteiger partial charge on any atom is -0.466 e. The SMILES string of the molecule is C=C=C=CC(CCCC)CC(=O)OCCCCCCCCCCC(CCCCCCCCCCOC(=O)CC(C)CCCC)CN(C)C. The fourth-order valence-electron chi connectivity index (χ4n) is 6.57. The number of allylic oxidation sites excluding steroid dienone is 1. The van der Waals surface area contributed by atoms with Gasteiger partial charge in [-0.05, 0) is 76.6 Å². The van der Waals surface area contributed by atoms with E-state index in [1.54, 1.807) is 0 Å². The van der Waals surface area contributed by atoms with E-state index in [0.29, 0.717) is 32.0 Å². The van der Waals surface area contributed by atoms with Gasteiger partial charge >= 0.3 is 11.9 Å². The maximum absolute atomic E-state index is 12.2. The van der Waals surface area contributed by atoms with Gasteiger partial charge in [-0.2, -0.15) is 0 Å². The molecule has 0 saturated heterocycles. The number of rotatable bonds is 35. The fraction of sp³-hybridized carbons (Fsp3) is 0.860. The van der Waals surface area contributed by atoms with Gasteiger partial charge in [-0.1, -0.05) is 154 Å². The van der Waals surface area contributed by atoms with Crippen molar-refractivity contribution in [1.29, 1.82) is 0 Å². The van der Waals surface area contributed by atoms with E-state index >= 15 is 0 Å².